The number of hydrogen-bond acceptors (Lipinski definition) is 9. The lowest BCUT2D eigenvalue weighted by Crippen LogP contribution is -2.57. The summed E-state index contributed by atoms with van der Waals surface area (Å²) in [5.74, 6) is -5.29. The van der Waals surface area contributed by atoms with E-state index in [2.05, 4.69) is 31.3 Å². The van der Waals surface area contributed by atoms with Crippen LogP contribution in [0.2, 0.25) is 0 Å². The van der Waals surface area contributed by atoms with Gasteiger partial charge in [0.15, 0.2) is 11.9 Å². The molecule has 0 spiro atoms. The smallest absolute Gasteiger partial charge is 0.326 e. The second-order valence-electron chi connectivity index (χ2n) is 9.43. The van der Waals surface area contributed by atoms with Crippen LogP contribution in [0.5, 0.6) is 0 Å². The Morgan fingerprint density at radius 1 is 0.643 bits per heavy atom. The number of hydrogen-bond donors (Lipinski definition) is 11. The van der Waals surface area contributed by atoms with Gasteiger partial charge in [-0.3, -0.25) is 34.0 Å². The van der Waals surface area contributed by atoms with Crippen LogP contribution in [0.15, 0.2) is 9.98 Å². The van der Waals surface area contributed by atoms with Gasteiger partial charge in [-0.25, -0.2) is 4.79 Å². The summed E-state index contributed by atoms with van der Waals surface area (Å²) in [5.41, 5.74) is 32.1. The van der Waals surface area contributed by atoms with Crippen molar-refractivity contribution in [2.24, 2.45) is 44.4 Å². The molecular formula is C23H44N12O7. The fourth-order valence-electron chi connectivity index (χ4n) is 3.33. The van der Waals surface area contributed by atoms with Gasteiger partial charge >= 0.3 is 5.97 Å². The number of amides is 5. The van der Waals surface area contributed by atoms with E-state index in [0.29, 0.717) is 12.8 Å². The molecule has 238 valence electrons. The maximum Gasteiger partial charge on any atom is 0.326 e. The summed E-state index contributed by atoms with van der Waals surface area (Å²) in [5, 5.41) is 18.8. The molecule has 0 saturated heterocycles. The molecule has 5 unspecified atom stereocenters. The van der Waals surface area contributed by atoms with Gasteiger partial charge in [-0.05, 0) is 46.0 Å². The Kier molecular flexibility index (Phi) is 17.2. The van der Waals surface area contributed by atoms with E-state index in [4.69, 9.17) is 34.4 Å². The molecule has 0 heterocycles. The van der Waals surface area contributed by atoms with Gasteiger partial charge in [0.2, 0.25) is 29.5 Å². The fourth-order valence-corrected chi connectivity index (χ4v) is 3.33. The summed E-state index contributed by atoms with van der Waals surface area (Å²) in [6, 6.07) is -5.83. The largest absolute Gasteiger partial charge is 0.480 e. The molecule has 0 bridgehead atoms. The number of guanidine groups is 2. The van der Waals surface area contributed by atoms with Crippen LogP contribution in [0.3, 0.4) is 0 Å². The van der Waals surface area contributed by atoms with Crippen molar-refractivity contribution in [3.8, 4) is 0 Å². The summed E-state index contributed by atoms with van der Waals surface area (Å²) < 4.78 is 0. The van der Waals surface area contributed by atoms with Crippen LogP contribution in [0.1, 0.15) is 52.4 Å². The monoisotopic (exact) mass is 600 g/mol. The van der Waals surface area contributed by atoms with Gasteiger partial charge in [-0.1, -0.05) is 0 Å². The van der Waals surface area contributed by atoms with Gasteiger partial charge in [0.05, 0.1) is 6.04 Å². The third-order valence-electron chi connectivity index (χ3n) is 5.68. The zero-order chi connectivity index (χ0) is 32.4. The van der Waals surface area contributed by atoms with Crippen molar-refractivity contribution in [2.75, 3.05) is 13.1 Å². The van der Waals surface area contributed by atoms with Crippen LogP contribution >= 0.6 is 0 Å². The summed E-state index contributed by atoms with van der Waals surface area (Å²) >= 11 is 0. The average molecular weight is 601 g/mol. The molecule has 19 heteroatoms. The third-order valence-corrected chi connectivity index (χ3v) is 5.68. The molecule has 17 N–H and O–H groups in total. The molecule has 0 radical (unpaired) electrons. The van der Waals surface area contributed by atoms with E-state index >= 15 is 0 Å². The van der Waals surface area contributed by atoms with E-state index < -0.39 is 65.7 Å². The van der Waals surface area contributed by atoms with Gasteiger partial charge in [0, 0.05) is 19.5 Å². The lowest BCUT2D eigenvalue weighted by molar-refractivity contribution is -0.142. The predicted molar refractivity (Wildman–Crippen MR) is 153 cm³/mol. The number of rotatable bonds is 20. The number of aliphatic carboxylic acids is 1. The van der Waals surface area contributed by atoms with E-state index in [1.165, 1.54) is 13.8 Å². The maximum atomic E-state index is 13.0. The SMILES string of the molecule is CC(NC(=O)C(C)NC(=O)C(CCCN=C(N)N)NC(=O)C(N)CCCN=C(N)N)C(=O)NC(CCC(N)=O)C(=O)O. The highest BCUT2D eigenvalue weighted by atomic mass is 16.4. The number of nitrogens with one attached hydrogen (secondary N) is 4. The van der Waals surface area contributed by atoms with E-state index in [1.807, 2.05) is 0 Å². The van der Waals surface area contributed by atoms with Crippen molar-refractivity contribution in [2.45, 2.75) is 82.6 Å². The van der Waals surface area contributed by atoms with Crippen LogP contribution in [0, 0.1) is 0 Å². The molecule has 0 aromatic carbocycles. The number of carbonyl (C=O) groups excluding carboxylic acids is 5. The summed E-state index contributed by atoms with van der Waals surface area (Å²) in [7, 11) is 0. The molecule has 19 nitrogen and oxygen atoms in total. The topological polar surface area (TPSA) is 352 Å². The Morgan fingerprint density at radius 2 is 1.10 bits per heavy atom. The molecule has 0 aromatic rings. The average Bonchev–Trinajstić information content (AvgIpc) is 2.89. The Labute approximate surface area is 243 Å². The Hall–Kier alpha value is -4.68. The predicted octanol–water partition coefficient (Wildman–Crippen LogP) is -5.25. The quantitative estimate of drug-likeness (QED) is 0.0354. The molecule has 0 fully saturated rings. The highest BCUT2D eigenvalue weighted by Crippen LogP contribution is 2.03. The maximum absolute atomic E-state index is 13.0. The van der Waals surface area contributed by atoms with Gasteiger partial charge in [0.1, 0.15) is 24.2 Å². The first-order valence-electron chi connectivity index (χ1n) is 13.1. The molecule has 0 rings (SSSR count). The lowest BCUT2D eigenvalue weighted by Gasteiger charge is -2.24. The van der Waals surface area contributed by atoms with Crippen molar-refractivity contribution in [3.63, 3.8) is 0 Å². The Bertz CT molecular complexity index is 1010. The number of primary amides is 1. The zero-order valence-electron chi connectivity index (χ0n) is 23.8. The molecular weight excluding hydrogens is 556 g/mol. The highest BCUT2D eigenvalue weighted by molar-refractivity contribution is 5.95. The summed E-state index contributed by atoms with van der Waals surface area (Å²) in [6.45, 7) is 3.08. The summed E-state index contributed by atoms with van der Waals surface area (Å²) in [4.78, 5) is 80.6. The number of carbonyl (C=O) groups is 6. The van der Waals surface area contributed by atoms with Crippen molar-refractivity contribution in [3.05, 3.63) is 0 Å². The minimum absolute atomic E-state index is 0.0941. The number of nitrogens with zero attached hydrogens (tertiary/aromatic N) is 2. The molecule has 5 atom stereocenters. The van der Waals surface area contributed by atoms with Gasteiger partial charge in [-0.15, -0.1) is 0 Å². The first-order chi connectivity index (χ1) is 19.5. The Balaban J connectivity index is 5.22. The normalized spacial score (nSPS) is 14.1. The van der Waals surface area contributed by atoms with Gasteiger partial charge < -0.3 is 60.8 Å². The van der Waals surface area contributed by atoms with Crippen molar-refractivity contribution in [1.82, 2.24) is 21.3 Å². The summed E-state index contributed by atoms with van der Waals surface area (Å²) in [6.07, 6.45) is 0.538. The highest BCUT2D eigenvalue weighted by Gasteiger charge is 2.28. The van der Waals surface area contributed by atoms with E-state index in [9.17, 15) is 33.9 Å². The number of aliphatic imine (C=N–C) groups is 2. The first-order valence-corrected chi connectivity index (χ1v) is 13.1. The third kappa shape index (κ3) is 16.4. The van der Waals surface area contributed by atoms with Crippen molar-refractivity contribution >= 4 is 47.4 Å². The van der Waals surface area contributed by atoms with E-state index in [0.717, 1.165) is 0 Å². The molecule has 0 aliphatic rings. The van der Waals surface area contributed by atoms with Crippen LogP contribution in [0.4, 0.5) is 0 Å². The van der Waals surface area contributed by atoms with Crippen molar-refractivity contribution in [1.29, 1.82) is 0 Å². The van der Waals surface area contributed by atoms with Crippen LogP contribution < -0.4 is 55.7 Å². The number of nitrogens with two attached hydrogens (primary N) is 6. The molecule has 0 aliphatic carbocycles. The van der Waals surface area contributed by atoms with Crippen LogP contribution in [0.25, 0.3) is 0 Å². The molecule has 0 saturated carbocycles. The van der Waals surface area contributed by atoms with Gasteiger partial charge in [-0.2, -0.15) is 0 Å². The second kappa shape index (κ2) is 19.4. The first kappa shape index (κ1) is 37.3. The number of carboxylic acids is 1. The van der Waals surface area contributed by atoms with E-state index in [1.54, 1.807) is 0 Å². The number of carboxylic acid groups (broad SMARTS) is 1. The standard InChI is InChI=1S/C23H44N12O7/c1-11(17(37)32-12(2)18(38)35-15(21(41)42)7-8-16(25)36)33-20(40)14(6-4-10-31-23(28)29)34-19(39)13(24)5-3-9-30-22(26)27/h11-15H,3-10,24H2,1-2H3,(H2,25,36)(H,32,37)(H,33,40)(H,34,39)(H,35,38)(H,41,42)(H4,26,27,30)(H4,28,29,31). The van der Waals surface area contributed by atoms with Crippen LogP contribution in [-0.2, 0) is 28.8 Å². The van der Waals surface area contributed by atoms with Gasteiger partial charge in [0.25, 0.3) is 0 Å². The Morgan fingerprint density at radius 3 is 1.57 bits per heavy atom. The minimum atomic E-state index is -1.40. The minimum Gasteiger partial charge on any atom is -0.480 e. The second-order valence-corrected chi connectivity index (χ2v) is 9.43. The molecule has 5 amide bonds. The molecule has 0 aromatic heterocycles. The van der Waals surface area contributed by atoms with Crippen molar-refractivity contribution < 1.29 is 33.9 Å². The van der Waals surface area contributed by atoms with Crippen LogP contribution in [-0.4, -0.2) is 95.8 Å². The molecule has 0 aliphatic heterocycles. The zero-order valence-corrected chi connectivity index (χ0v) is 23.8. The molecule has 42 heavy (non-hydrogen) atoms. The van der Waals surface area contributed by atoms with E-state index in [-0.39, 0.29) is 50.7 Å². The fraction of sp³-hybridized carbons (Fsp3) is 0.652. The lowest BCUT2D eigenvalue weighted by atomic mass is 10.1.